The van der Waals surface area contributed by atoms with Crippen LogP contribution in [-0.2, 0) is 10.0 Å². The van der Waals surface area contributed by atoms with Gasteiger partial charge in [-0.15, -0.1) is 0 Å². The zero-order valence-electron chi connectivity index (χ0n) is 8.58. The molecule has 2 aromatic rings. The maximum Gasteiger partial charge on any atom is 0.278 e. The molecule has 6 nitrogen and oxygen atoms in total. The van der Waals surface area contributed by atoms with E-state index >= 15 is 0 Å². The van der Waals surface area contributed by atoms with Crippen molar-refractivity contribution in [3.8, 4) is 6.07 Å². The van der Waals surface area contributed by atoms with Crippen molar-refractivity contribution in [2.45, 2.75) is 5.03 Å². The molecule has 0 amide bonds. The fourth-order valence-electron chi connectivity index (χ4n) is 1.22. The van der Waals surface area contributed by atoms with Gasteiger partial charge in [-0.3, -0.25) is 9.82 Å². The molecule has 0 aliphatic heterocycles. The quantitative estimate of drug-likeness (QED) is 0.849. The number of nitrogens with zero attached hydrogens (tertiary/aromatic N) is 2. The first-order chi connectivity index (χ1) is 8.12. The van der Waals surface area contributed by atoms with E-state index in [1.807, 2.05) is 6.07 Å². The van der Waals surface area contributed by atoms with Crippen LogP contribution in [0, 0.1) is 11.3 Å². The molecular formula is C10H8N4O2S. The van der Waals surface area contributed by atoms with Crippen molar-refractivity contribution in [1.29, 1.82) is 5.26 Å². The number of aromatic nitrogens is 2. The van der Waals surface area contributed by atoms with Crippen LogP contribution in [0.15, 0.2) is 41.6 Å². The summed E-state index contributed by atoms with van der Waals surface area (Å²) in [5.41, 5.74) is 0.855. The second-order valence-corrected chi connectivity index (χ2v) is 4.87. The number of aromatic amines is 1. The second-order valence-electron chi connectivity index (χ2n) is 3.22. The van der Waals surface area contributed by atoms with Crippen LogP contribution in [0.2, 0.25) is 0 Å². The van der Waals surface area contributed by atoms with Crippen molar-refractivity contribution < 1.29 is 8.42 Å². The van der Waals surface area contributed by atoms with E-state index in [2.05, 4.69) is 14.9 Å². The van der Waals surface area contributed by atoms with Gasteiger partial charge in [0.25, 0.3) is 10.0 Å². The number of benzene rings is 1. The molecule has 0 aliphatic rings. The van der Waals surface area contributed by atoms with Crippen molar-refractivity contribution in [2.24, 2.45) is 0 Å². The van der Waals surface area contributed by atoms with Crippen LogP contribution >= 0.6 is 0 Å². The van der Waals surface area contributed by atoms with Gasteiger partial charge in [0.15, 0.2) is 5.03 Å². The summed E-state index contributed by atoms with van der Waals surface area (Å²) in [6, 6.07) is 9.41. The second kappa shape index (κ2) is 4.27. The number of nitriles is 1. The lowest BCUT2D eigenvalue weighted by molar-refractivity contribution is 0.597. The Labute approximate surface area is 98.0 Å². The molecule has 0 unspecified atom stereocenters. The van der Waals surface area contributed by atoms with Crippen molar-refractivity contribution >= 4 is 15.7 Å². The summed E-state index contributed by atoms with van der Waals surface area (Å²) in [5.74, 6) is 0. The molecule has 2 N–H and O–H groups in total. The fraction of sp³-hybridized carbons (Fsp3) is 0. The molecule has 1 aromatic carbocycles. The molecule has 0 saturated heterocycles. The summed E-state index contributed by atoms with van der Waals surface area (Å²) in [7, 11) is -3.64. The molecule has 86 valence electrons. The Morgan fingerprint density at radius 2 is 1.94 bits per heavy atom. The zero-order valence-corrected chi connectivity index (χ0v) is 9.40. The molecule has 0 atom stereocenters. The van der Waals surface area contributed by atoms with E-state index < -0.39 is 10.0 Å². The smallest absolute Gasteiger partial charge is 0.278 e. The number of nitrogens with one attached hydrogen (secondary N) is 2. The number of sulfonamides is 1. The summed E-state index contributed by atoms with van der Waals surface area (Å²) >= 11 is 0. The molecule has 0 radical (unpaired) electrons. The molecular weight excluding hydrogens is 240 g/mol. The lowest BCUT2D eigenvalue weighted by Crippen LogP contribution is -2.13. The first-order valence-electron chi connectivity index (χ1n) is 4.64. The third-order valence-electron chi connectivity index (χ3n) is 2.03. The molecule has 0 spiro atoms. The Morgan fingerprint density at radius 3 is 2.47 bits per heavy atom. The van der Waals surface area contributed by atoms with Crippen LogP contribution in [0.5, 0.6) is 0 Å². The molecule has 0 bridgehead atoms. The molecule has 1 aromatic heterocycles. The van der Waals surface area contributed by atoms with Gasteiger partial charge in [-0.1, -0.05) is 0 Å². The minimum Gasteiger partial charge on any atom is -0.278 e. The Balaban J connectivity index is 2.24. The summed E-state index contributed by atoms with van der Waals surface area (Å²) < 4.78 is 25.9. The maximum atomic E-state index is 11.8. The molecule has 0 saturated carbocycles. The van der Waals surface area contributed by atoms with Crippen molar-refractivity contribution in [3.05, 3.63) is 42.1 Å². The van der Waals surface area contributed by atoms with E-state index in [1.165, 1.54) is 36.5 Å². The minimum absolute atomic E-state index is 0.0122. The average Bonchev–Trinajstić information content (AvgIpc) is 2.84. The van der Waals surface area contributed by atoms with Crippen molar-refractivity contribution in [2.75, 3.05) is 4.72 Å². The zero-order chi connectivity index (χ0) is 12.3. The van der Waals surface area contributed by atoms with Gasteiger partial charge in [0.2, 0.25) is 0 Å². The first kappa shape index (κ1) is 11.2. The van der Waals surface area contributed by atoms with Crippen LogP contribution in [0.3, 0.4) is 0 Å². The first-order valence-corrected chi connectivity index (χ1v) is 6.12. The van der Waals surface area contributed by atoms with E-state index in [0.29, 0.717) is 11.3 Å². The Morgan fingerprint density at radius 1 is 1.24 bits per heavy atom. The minimum atomic E-state index is -3.64. The maximum absolute atomic E-state index is 11.8. The highest BCUT2D eigenvalue weighted by Crippen LogP contribution is 2.14. The molecule has 2 rings (SSSR count). The van der Waals surface area contributed by atoms with Gasteiger partial charge in [0.05, 0.1) is 17.8 Å². The SMILES string of the molecule is N#Cc1ccc(NS(=O)(=O)c2ccn[nH]2)cc1. The highest BCUT2D eigenvalue weighted by atomic mass is 32.2. The third kappa shape index (κ3) is 2.43. The molecule has 0 fully saturated rings. The highest BCUT2D eigenvalue weighted by Gasteiger charge is 2.14. The van der Waals surface area contributed by atoms with Gasteiger partial charge < -0.3 is 0 Å². The standard InChI is InChI=1S/C10H8N4O2S/c11-7-8-1-3-9(4-2-8)14-17(15,16)10-5-6-12-13-10/h1-6,14H,(H,12,13). The number of hydrogen-bond acceptors (Lipinski definition) is 4. The van der Waals surface area contributed by atoms with E-state index in [9.17, 15) is 8.42 Å². The molecule has 17 heavy (non-hydrogen) atoms. The van der Waals surface area contributed by atoms with E-state index in [-0.39, 0.29) is 5.03 Å². The topological polar surface area (TPSA) is 98.6 Å². The van der Waals surface area contributed by atoms with Gasteiger partial charge in [0.1, 0.15) is 0 Å². The van der Waals surface area contributed by atoms with Crippen molar-refractivity contribution in [1.82, 2.24) is 10.2 Å². The summed E-state index contributed by atoms with van der Waals surface area (Å²) in [6.45, 7) is 0. The highest BCUT2D eigenvalue weighted by molar-refractivity contribution is 7.92. The molecule has 0 aliphatic carbocycles. The summed E-state index contributed by atoms with van der Waals surface area (Å²) in [4.78, 5) is 0. The Bertz CT molecular complexity index is 639. The van der Waals surface area contributed by atoms with Gasteiger partial charge in [-0.05, 0) is 30.3 Å². The number of rotatable bonds is 3. The van der Waals surface area contributed by atoms with Crippen LogP contribution in [0.4, 0.5) is 5.69 Å². The van der Waals surface area contributed by atoms with E-state index in [1.54, 1.807) is 0 Å². The number of anilines is 1. The van der Waals surface area contributed by atoms with E-state index in [4.69, 9.17) is 5.26 Å². The average molecular weight is 248 g/mol. The largest absolute Gasteiger partial charge is 0.278 e. The van der Waals surface area contributed by atoms with Crippen LogP contribution in [0.25, 0.3) is 0 Å². The Hall–Kier alpha value is -2.33. The predicted molar refractivity (Wildman–Crippen MR) is 60.6 cm³/mol. The third-order valence-corrected chi connectivity index (χ3v) is 3.34. The predicted octanol–water partition coefficient (Wildman–Crippen LogP) is 1.08. The van der Waals surface area contributed by atoms with Gasteiger partial charge in [-0.25, -0.2) is 0 Å². The lowest BCUT2D eigenvalue weighted by Gasteiger charge is -2.05. The van der Waals surface area contributed by atoms with Gasteiger partial charge in [-0.2, -0.15) is 18.8 Å². The number of H-pyrrole nitrogens is 1. The monoisotopic (exact) mass is 248 g/mol. The Kier molecular flexibility index (Phi) is 2.80. The van der Waals surface area contributed by atoms with Crippen LogP contribution < -0.4 is 4.72 Å². The summed E-state index contributed by atoms with van der Waals surface area (Å²) in [6.07, 6.45) is 1.35. The lowest BCUT2D eigenvalue weighted by atomic mass is 10.2. The van der Waals surface area contributed by atoms with Gasteiger partial charge in [0, 0.05) is 5.69 Å². The normalized spacial score (nSPS) is 10.8. The summed E-state index contributed by atoms with van der Waals surface area (Å²) in [5, 5.41) is 14.5. The van der Waals surface area contributed by atoms with Crippen LogP contribution in [-0.4, -0.2) is 18.6 Å². The van der Waals surface area contributed by atoms with Gasteiger partial charge >= 0.3 is 0 Å². The van der Waals surface area contributed by atoms with Crippen molar-refractivity contribution in [3.63, 3.8) is 0 Å². The molecule has 7 heteroatoms. The number of hydrogen-bond donors (Lipinski definition) is 2. The molecule has 1 heterocycles. The van der Waals surface area contributed by atoms with E-state index in [0.717, 1.165) is 0 Å². The fourth-order valence-corrected chi connectivity index (χ4v) is 2.18. The van der Waals surface area contributed by atoms with Crippen LogP contribution in [0.1, 0.15) is 5.56 Å².